The van der Waals surface area contributed by atoms with Gasteiger partial charge in [-0.05, 0) is 38.0 Å². The zero-order valence-electron chi connectivity index (χ0n) is 12.7. The molecule has 0 unspecified atom stereocenters. The predicted octanol–water partition coefficient (Wildman–Crippen LogP) is 3.69. The Bertz CT molecular complexity index is 756. The molecule has 1 aromatic carbocycles. The fourth-order valence-corrected chi connectivity index (χ4v) is 2.82. The standard InChI is InChI=1S/C16H17ClFN3O2/c1-2-23-16(22)13-14(9-4-3-5-9)20-21(15(13)19)10-6-7-12(18)11(17)8-10/h6-9H,2-5,19H2,1H3. The molecule has 1 heterocycles. The van der Waals surface area contributed by atoms with Gasteiger partial charge in [0.1, 0.15) is 17.2 Å². The lowest BCUT2D eigenvalue weighted by Gasteiger charge is -2.24. The molecule has 0 aliphatic heterocycles. The minimum Gasteiger partial charge on any atom is -0.462 e. The fraction of sp³-hybridized carbons (Fsp3) is 0.375. The highest BCUT2D eigenvalue weighted by atomic mass is 35.5. The summed E-state index contributed by atoms with van der Waals surface area (Å²) < 4.78 is 19.9. The quantitative estimate of drug-likeness (QED) is 0.864. The van der Waals surface area contributed by atoms with Crippen LogP contribution in [-0.2, 0) is 4.74 Å². The highest BCUT2D eigenvalue weighted by molar-refractivity contribution is 6.30. The van der Waals surface area contributed by atoms with Crippen LogP contribution in [0.5, 0.6) is 0 Å². The number of benzene rings is 1. The molecule has 122 valence electrons. The minimum atomic E-state index is -0.522. The summed E-state index contributed by atoms with van der Waals surface area (Å²) in [5.41, 5.74) is 7.59. The van der Waals surface area contributed by atoms with Crippen molar-refractivity contribution in [3.8, 4) is 5.69 Å². The maximum atomic E-state index is 13.4. The Morgan fingerprint density at radius 1 is 1.52 bits per heavy atom. The number of carbonyl (C=O) groups excluding carboxylic acids is 1. The van der Waals surface area contributed by atoms with Gasteiger partial charge < -0.3 is 10.5 Å². The third-order valence-corrected chi connectivity index (χ3v) is 4.36. The molecular formula is C16H17ClFN3O2. The van der Waals surface area contributed by atoms with Crippen LogP contribution in [0, 0.1) is 5.82 Å². The molecule has 1 aliphatic rings. The molecule has 2 aromatic rings. The summed E-state index contributed by atoms with van der Waals surface area (Å²) in [6, 6.07) is 4.19. The highest BCUT2D eigenvalue weighted by Gasteiger charge is 2.32. The molecule has 2 N–H and O–H groups in total. The van der Waals surface area contributed by atoms with Crippen LogP contribution in [0.3, 0.4) is 0 Å². The van der Waals surface area contributed by atoms with Crippen LogP contribution in [0.4, 0.5) is 10.2 Å². The van der Waals surface area contributed by atoms with Crippen molar-refractivity contribution in [3.63, 3.8) is 0 Å². The number of anilines is 1. The van der Waals surface area contributed by atoms with Crippen molar-refractivity contribution in [2.24, 2.45) is 0 Å². The topological polar surface area (TPSA) is 70.1 Å². The Balaban J connectivity index is 2.10. The first-order valence-electron chi connectivity index (χ1n) is 7.53. The lowest BCUT2D eigenvalue weighted by Crippen LogP contribution is -2.15. The maximum absolute atomic E-state index is 13.4. The van der Waals surface area contributed by atoms with E-state index in [0.717, 1.165) is 19.3 Å². The van der Waals surface area contributed by atoms with Gasteiger partial charge in [-0.2, -0.15) is 5.10 Å². The van der Waals surface area contributed by atoms with Crippen LogP contribution in [0.2, 0.25) is 5.02 Å². The number of nitrogens with two attached hydrogens (primary N) is 1. The molecule has 1 aliphatic carbocycles. The number of carbonyl (C=O) groups is 1. The van der Waals surface area contributed by atoms with Crippen molar-refractivity contribution in [1.29, 1.82) is 0 Å². The van der Waals surface area contributed by atoms with Crippen LogP contribution < -0.4 is 5.73 Å². The molecule has 0 amide bonds. The average Bonchev–Trinajstić information content (AvgIpc) is 2.78. The number of esters is 1. The SMILES string of the molecule is CCOC(=O)c1c(C2CCC2)nn(-c2ccc(F)c(Cl)c2)c1N. The van der Waals surface area contributed by atoms with Crippen molar-refractivity contribution in [3.05, 3.63) is 40.3 Å². The minimum absolute atomic E-state index is 0.0275. The van der Waals surface area contributed by atoms with Crippen LogP contribution in [0.25, 0.3) is 5.69 Å². The number of ether oxygens (including phenoxy) is 1. The van der Waals surface area contributed by atoms with Crippen LogP contribution in [0.1, 0.15) is 48.2 Å². The zero-order chi connectivity index (χ0) is 16.6. The zero-order valence-corrected chi connectivity index (χ0v) is 13.4. The van der Waals surface area contributed by atoms with Crippen LogP contribution >= 0.6 is 11.6 Å². The largest absolute Gasteiger partial charge is 0.462 e. The van der Waals surface area contributed by atoms with E-state index in [2.05, 4.69) is 5.10 Å². The number of nitrogen functional groups attached to an aromatic ring is 1. The smallest absolute Gasteiger partial charge is 0.343 e. The molecular weight excluding hydrogens is 321 g/mol. The summed E-state index contributed by atoms with van der Waals surface area (Å²) in [6.45, 7) is 2.00. The Morgan fingerprint density at radius 2 is 2.26 bits per heavy atom. The van der Waals surface area contributed by atoms with Gasteiger partial charge in [0.25, 0.3) is 0 Å². The van der Waals surface area contributed by atoms with Gasteiger partial charge in [-0.3, -0.25) is 0 Å². The lowest BCUT2D eigenvalue weighted by molar-refractivity contribution is 0.0525. The Hall–Kier alpha value is -2.08. The maximum Gasteiger partial charge on any atom is 0.343 e. The number of hydrogen-bond acceptors (Lipinski definition) is 4. The second kappa shape index (κ2) is 6.20. The number of rotatable bonds is 4. The van der Waals surface area contributed by atoms with Crippen molar-refractivity contribution in [2.75, 3.05) is 12.3 Å². The third-order valence-electron chi connectivity index (χ3n) is 4.07. The monoisotopic (exact) mass is 337 g/mol. The molecule has 7 heteroatoms. The van der Waals surface area contributed by atoms with Gasteiger partial charge in [0.2, 0.25) is 0 Å². The van der Waals surface area contributed by atoms with Crippen LogP contribution in [-0.4, -0.2) is 22.4 Å². The molecule has 5 nitrogen and oxygen atoms in total. The highest BCUT2D eigenvalue weighted by Crippen LogP contribution is 2.39. The van der Waals surface area contributed by atoms with Gasteiger partial charge in [0.15, 0.2) is 0 Å². The Labute approximate surface area is 138 Å². The summed E-state index contributed by atoms with van der Waals surface area (Å²) >= 11 is 5.83. The summed E-state index contributed by atoms with van der Waals surface area (Å²) in [5.74, 6) is -0.612. The third kappa shape index (κ3) is 2.79. The summed E-state index contributed by atoms with van der Waals surface area (Å²) in [6.07, 6.45) is 3.03. The van der Waals surface area contributed by atoms with Gasteiger partial charge in [-0.1, -0.05) is 18.0 Å². The first-order chi connectivity index (χ1) is 11.0. The number of nitrogens with zero attached hydrogens (tertiary/aromatic N) is 2. The van der Waals surface area contributed by atoms with E-state index in [9.17, 15) is 9.18 Å². The molecule has 1 fully saturated rings. The number of halogens is 2. The summed E-state index contributed by atoms with van der Waals surface area (Å²) in [5, 5.41) is 4.46. The van der Waals surface area contributed by atoms with E-state index in [0.29, 0.717) is 16.9 Å². The van der Waals surface area contributed by atoms with Gasteiger partial charge in [0, 0.05) is 5.92 Å². The summed E-state index contributed by atoms with van der Waals surface area (Å²) in [4.78, 5) is 12.3. The van der Waals surface area contributed by atoms with Gasteiger partial charge in [-0.25, -0.2) is 13.9 Å². The number of hydrogen-bond donors (Lipinski definition) is 1. The van der Waals surface area contributed by atoms with Crippen molar-refractivity contribution >= 4 is 23.4 Å². The van der Waals surface area contributed by atoms with E-state index in [1.54, 1.807) is 6.92 Å². The fourth-order valence-electron chi connectivity index (χ4n) is 2.64. The molecule has 0 saturated heterocycles. The summed E-state index contributed by atoms with van der Waals surface area (Å²) in [7, 11) is 0. The van der Waals surface area contributed by atoms with Crippen molar-refractivity contribution < 1.29 is 13.9 Å². The van der Waals surface area contributed by atoms with E-state index < -0.39 is 11.8 Å². The molecule has 1 aromatic heterocycles. The molecule has 23 heavy (non-hydrogen) atoms. The number of aromatic nitrogens is 2. The molecule has 0 radical (unpaired) electrons. The van der Waals surface area contributed by atoms with E-state index in [4.69, 9.17) is 22.1 Å². The van der Waals surface area contributed by atoms with Crippen molar-refractivity contribution in [2.45, 2.75) is 32.1 Å². The molecule has 0 bridgehead atoms. The first-order valence-corrected chi connectivity index (χ1v) is 7.91. The second-order valence-corrected chi connectivity index (χ2v) is 5.91. The lowest BCUT2D eigenvalue weighted by atomic mass is 9.81. The molecule has 0 atom stereocenters. The Morgan fingerprint density at radius 3 is 2.83 bits per heavy atom. The molecule has 3 rings (SSSR count). The predicted molar refractivity (Wildman–Crippen MR) is 85.5 cm³/mol. The first kappa shape index (κ1) is 15.8. The van der Waals surface area contributed by atoms with Crippen molar-refractivity contribution in [1.82, 2.24) is 9.78 Å². The van der Waals surface area contributed by atoms with Gasteiger partial charge in [-0.15, -0.1) is 0 Å². The second-order valence-electron chi connectivity index (χ2n) is 5.50. The van der Waals surface area contributed by atoms with E-state index in [-0.39, 0.29) is 23.4 Å². The van der Waals surface area contributed by atoms with E-state index in [1.807, 2.05) is 0 Å². The molecule has 0 spiro atoms. The van der Waals surface area contributed by atoms with Gasteiger partial charge >= 0.3 is 5.97 Å². The Kier molecular flexibility index (Phi) is 4.26. The van der Waals surface area contributed by atoms with E-state index in [1.165, 1.54) is 22.9 Å². The normalized spacial score (nSPS) is 14.6. The van der Waals surface area contributed by atoms with Gasteiger partial charge in [0.05, 0.1) is 23.0 Å². The molecule has 1 saturated carbocycles. The van der Waals surface area contributed by atoms with E-state index >= 15 is 0 Å². The average molecular weight is 338 g/mol. The van der Waals surface area contributed by atoms with Crippen LogP contribution in [0.15, 0.2) is 18.2 Å².